The summed E-state index contributed by atoms with van der Waals surface area (Å²) in [6.45, 7) is 0.878. The highest BCUT2D eigenvalue weighted by Crippen LogP contribution is 2.33. The lowest BCUT2D eigenvalue weighted by Gasteiger charge is -2.31. The molecule has 19 heavy (non-hydrogen) atoms. The summed E-state index contributed by atoms with van der Waals surface area (Å²) in [5, 5.41) is 9.04. The largest absolute Gasteiger partial charge is 0.454 e. The van der Waals surface area contributed by atoms with Crippen LogP contribution in [0.15, 0.2) is 18.2 Å². The summed E-state index contributed by atoms with van der Waals surface area (Å²) in [6, 6.07) is 7.05. The van der Waals surface area contributed by atoms with Crippen molar-refractivity contribution >= 4 is 5.91 Å². The van der Waals surface area contributed by atoms with Crippen LogP contribution in [0.1, 0.15) is 5.56 Å². The number of rotatable bonds is 2. The lowest BCUT2D eigenvalue weighted by atomic mass is 10.1. The molecule has 6 heteroatoms. The number of amides is 1. The lowest BCUT2D eigenvalue weighted by molar-refractivity contribution is -0.146. The maximum Gasteiger partial charge on any atom is 0.250 e. The van der Waals surface area contributed by atoms with Crippen molar-refractivity contribution in [3.63, 3.8) is 0 Å². The third-order valence-electron chi connectivity index (χ3n) is 3.14. The Morgan fingerprint density at radius 3 is 3.05 bits per heavy atom. The van der Waals surface area contributed by atoms with E-state index >= 15 is 0 Å². The number of carbonyl (C=O) groups excluding carboxylic acids is 1. The second-order valence-electron chi connectivity index (χ2n) is 4.37. The molecule has 0 aromatic heterocycles. The fourth-order valence-corrected chi connectivity index (χ4v) is 2.15. The van der Waals surface area contributed by atoms with E-state index < -0.39 is 6.04 Å². The minimum absolute atomic E-state index is 0.0305. The molecule has 6 nitrogen and oxygen atoms in total. The molecule has 0 aliphatic carbocycles. The average Bonchev–Trinajstić information content (AvgIpc) is 2.88. The highest BCUT2D eigenvalue weighted by atomic mass is 16.7. The summed E-state index contributed by atoms with van der Waals surface area (Å²) in [6.07, 6.45) is 0. The zero-order valence-corrected chi connectivity index (χ0v) is 10.2. The Hall–Kier alpha value is -2.26. The van der Waals surface area contributed by atoms with Gasteiger partial charge in [-0.1, -0.05) is 6.07 Å². The molecule has 0 N–H and O–H groups in total. The summed E-state index contributed by atoms with van der Waals surface area (Å²) in [5.74, 6) is 1.20. The molecule has 2 heterocycles. The fourth-order valence-electron chi connectivity index (χ4n) is 2.15. The van der Waals surface area contributed by atoms with E-state index in [1.54, 1.807) is 0 Å². The highest BCUT2D eigenvalue weighted by molar-refractivity contribution is 5.78. The molecule has 1 unspecified atom stereocenters. The first-order chi connectivity index (χ1) is 9.28. The van der Waals surface area contributed by atoms with Crippen molar-refractivity contribution in [2.24, 2.45) is 0 Å². The van der Waals surface area contributed by atoms with Crippen molar-refractivity contribution in [3.8, 4) is 17.6 Å². The van der Waals surface area contributed by atoms with Gasteiger partial charge in [0.15, 0.2) is 11.5 Å². The third-order valence-corrected chi connectivity index (χ3v) is 3.14. The predicted octanol–water partition coefficient (Wildman–Crippen LogP) is 0.666. The van der Waals surface area contributed by atoms with Crippen LogP contribution in [0.25, 0.3) is 0 Å². The molecular formula is C13H12N2O4. The van der Waals surface area contributed by atoms with Crippen molar-refractivity contribution in [1.29, 1.82) is 5.26 Å². The summed E-state index contributed by atoms with van der Waals surface area (Å²) >= 11 is 0. The quantitative estimate of drug-likeness (QED) is 0.781. The first-order valence-electron chi connectivity index (χ1n) is 5.93. The van der Waals surface area contributed by atoms with Crippen LogP contribution >= 0.6 is 0 Å². The van der Waals surface area contributed by atoms with Crippen LogP contribution in [-0.2, 0) is 16.1 Å². The Bertz CT molecular complexity index is 552. The minimum Gasteiger partial charge on any atom is -0.454 e. The van der Waals surface area contributed by atoms with E-state index in [1.807, 2.05) is 18.2 Å². The van der Waals surface area contributed by atoms with Gasteiger partial charge in [0.25, 0.3) is 0 Å². The zero-order chi connectivity index (χ0) is 13.2. The molecule has 1 amide bonds. The fraction of sp³-hybridized carbons (Fsp3) is 0.385. The molecule has 0 radical (unpaired) electrons. The van der Waals surface area contributed by atoms with Crippen LogP contribution in [-0.4, -0.2) is 36.9 Å². The normalized spacial score (nSPS) is 21.3. The van der Waals surface area contributed by atoms with Crippen LogP contribution in [0.2, 0.25) is 0 Å². The smallest absolute Gasteiger partial charge is 0.250 e. The molecule has 98 valence electrons. The van der Waals surface area contributed by atoms with E-state index in [0.717, 1.165) is 5.56 Å². The van der Waals surface area contributed by atoms with E-state index in [2.05, 4.69) is 6.07 Å². The van der Waals surface area contributed by atoms with Crippen molar-refractivity contribution < 1.29 is 19.0 Å². The van der Waals surface area contributed by atoms with Crippen LogP contribution in [0.5, 0.6) is 11.5 Å². The monoisotopic (exact) mass is 260 g/mol. The Balaban J connectivity index is 1.80. The van der Waals surface area contributed by atoms with Crippen molar-refractivity contribution in [3.05, 3.63) is 23.8 Å². The standard InChI is InChI=1S/C13H12N2O4/c14-4-10-6-17-7-13(16)15(10)5-9-1-2-11-12(3-9)19-8-18-11/h1-3,10H,5-8H2. The molecule has 1 saturated heterocycles. The van der Waals surface area contributed by atoms with Gasteiger partial charge in [-0.15, -0.1) is 0 Å². The second kappa shape index (κ2) is 4.78. The van der Waals surface area contributed by atoms with Crippen molar-refractivity contribution in [2.45, 2.75) is 12.6 Å². The van der Waals surface area contributed by atoms with Crippen molar-refractivity contribution in [1.82, 2.24) is 4.90 Å². The van der Waals surface area contributed by atoms with Gasteiger partial charge < -0.3 is 19.1 Å². The molecule has 2 aliphatic rings. The highest BCUT2D eigenvalue weighted by Gasteiger charge is 2.29. The van der Waals surface area contributed by atoms with Gasteiger partial charge in [0.2, 0.25) is 12.7 Å². The maximum atomic E-state index is 11.8. The number of nitrogens with zero attached hydrogens (tertiary/aromatic N) is 2. The number of carbonyl (C=O) groups is 1. The van der Waals surface area contributed by atoms with E-state index in [0.29, 0.717) is 18.0 Å². The Kier molecular flexibility index (Phi) is 2.97. The number of ether oxygens (including phenoxy) is 3. The summed E-state index contributed by atoms with van der Waals surface area (Å²) < 4.78 is 15.6. The average molecular weight is 260 g/mol. The van der Waals surface area contributed by atoms with Crippen molar-refractivity contribution in [2.75, 3.05) is 20.0 Å². The van der Waals surface area contributed by atoms with E-state index in [-0.39, 0.29) is 25.9 Å². The first kappa shape index (κ1) is 11.8. The molecule has 0 saturated carbocycles. The SMILES string of the molecule is N#CC1COCC(=O)N1Cc1ccc2c(c1)OCO2. The van der Waals surface area contributed by atoms with Crippen LogP contribution in [0.4, 0.5) is 0 Å². The lowest BCUT2D eigenvalue weighted by Crippen LogP contribution is -2.48. The molecule has 2 aliphatic heterocycles. The number of hydrogen-bond acceptors (Lipinski definition) is 5. The van der Waals surface area contributed by atoms with E-state index in [4.69, 9.17) is 19.5 Å². The Morgan fingerprint density at radius 1 is 1.37 bits per heavy atom. The third kappa shape index (κ3) is 2.20. The van der Waals surface area contributed by atoms with Crippen LogP contribution in [0, 0.1) is 11.3 Å². The van der Waals surface area contributed by atoms with Gasteiger partial charge >= 0.3 is 0 Å². The Labute approximate surface area is 110 Å². The zero-order valence-electron chi connectivity index (χ0n) is 10.2. The molecule has 0 bridgehead atoms. The first-order valence-corrected chi connectivity index (χ1v) is 5.93. The minimum atomic E-state index is -0.535. The predicted molar refractivity (Wildman–Crippen MR) is 63.3 cm³/mol. The molecule has 1 aromatic carbocycles. The van der Waals surface area contributed by atoms with Gasteiger partial charge in [-0.25, -0.2) is 0 Å². The number of fused-ring (bicyclic) bond motifs is 1. The summed E-state index contributed by atoms with van der Waals surface area (Å²) in [5.41, 5.74) is 0.903. The number of benzene rings is 1. The number of nitriles is 1. The summed E-state index contributed by atoms with van der Waals surface area (Å²) in [7, 11) is 0. The topological polar surface area (TPSA) is 71.8 Å². The molecule has 1 atom stereocenters. The van der Waals surface area contributed by atoms with Gasteiger partial charge in [-0.05, 0) is 17.7 Å². The molecule has 0 spiro atoms. The van der Waals surface area contributed by atoms with Gasteiger partial charge in [0.05, 0.1) is 12.7 Å². The van der Waals surface area contributed by atoms with E-state index in [1.165, 1.54) is 4.90 Å². The molecule has 3 rings (SSSR count). The molecular weight excluding hydrogens is 248 g/mol. The number of hydrogen-bond donors (Lipinski definition) is 0. The summed E-state index contributed by atoms with van der Waals surface area (Å²) in [4.78, 5) is 13.3. The molecule has 1 aromatic rings. The van der Waals surface area contributed by atoms with E-state index in [9.17, 15) is 4.79 Å². The van der Waals surface area contributed by atoms with Gasteiger partial charge in [-0.3, -0.25) is 4.79 Å². The van der Waals surface area contributed by atoms with Gasteiger partial charge in [-0.2, -0.15) is 5.26 Å². The molecule has 1 fully saturated rings. The maximum absolute atomic E-state index is 11.8. The van der Waals surface area contributed by atoms with Gasteiger partial charge in [0, 0.05) is 6.54 Å². The van der Waals surface area contributed by atoms with Crippen LogP contribution < -0.4 is 9.47 Å². The second-order valence-corrected chi connectivity index (χ2v) is 4.37. The number of morpholine rings is 1. The van der Waals surface area contributed by atoms with Crippen LogP contribution in [0.3, 0.4) is 0 Å². The Morgan fingerprint density at radius 2 is 2.21 bits per heavy atom. The van der Waals surface area contributed by atoms with Gasteiger partial charge in [0.1, 0.15) is 12.6 Å².